The molecule has 2 aromatic rings. The Kier molecular flexibility index (Phi) is 3.87. The fourth-order valence-corrected chi connectivity index (χ4v) is 1.66. The number of para-hydroxylation sites is 1. The third-order valence-corrected chi connectivity index (χ3v) is 2.65. The van der Waals surface area contributed by atoms with Gasteiger partial charge in [0.15, 0.2) is 0 Å². The number of hydrogen-bond donors (Lipinski definition) is 1. The van der Waals surface area contributed by atoms with Crippen LogP contribution in [-0.4, -0.2) is 18.2 Å². The SMILES string of the molecule is COc1ccc(C#N)c(Oc2ccccc2C(=O)O)c1. The highest BCUT2D eigenvalue weighted by Gasteiger charge is 2.13. The molecule has 0 saturated carbocycles. The molecule has 0 aliphatic carbocycles. The summed E-state index contributed by atoms with van der Waals surface area (Å²) in [6, 6.07) is 12.9. The quantitative estimate of drug-likeness (QED) is 0.922. The Morgan fingerprint density at radius 1 is 1.20 bits per heavy atom. The fraction of sp³-hybridized carbons (Fsp3) is 0.0667. The van der Waals surface area contributed by atoms with Crippen LogP contribution in [0.1, 0.15) is 15.9 Å². The number of carboxylic acids is 1. The van der Waals surface area contributed by atoms with Gasteiger partial charge in [-0.05, 0) is 24.3 Å². The van der Waals surface area contributed by atoms with Gasteiger partial charge < -0.3 is 14.6 Å². The molecule has 0 atom stereocenters. The lowest BCUT2D eigenvalue weighted by molar-refractivity contribution is 0.0694. The highest BCUT2D eigenvalue weighted by atomic mass is 16.5. The molecule has 2 aromatic carbocycles. The summed E-state index contributed by atoms with van der Waals surface area (Å²) in [7, 11) is 1.50. The van der Waals surface area contributed by atoms with Crippen LogP contribution in [-0.2, 0) is 0 Å². The van der Waals surface area contributed by atoms with E-state index in [0.717, 1.165) is 0 Å². The Hall–Kier alpha value is -3.00. The maximum absolute atomic E-state index is 11.1. The first-order valence-electron chi connectivity index (χ1n) is 5.74. The Balaban J connectivity index is 2.44. The second-order valence-electron chi connectivity index (χ2n) is 3.88. The first kappa shape index (κ1) is 13.4. The van der Waals surface area contributed by atoms with Gasteiger partial charge in [0.05, 0.1) is 12.7 Å². The highest BCUT2D eigenvalue weighted by molar-refractivity contribution is 5.91. The molecule has 0 aliphatic heterocycles. The van der Waals surface area contributed by atoms with Gasteiger partial charge in [-0.15, -0.1) is 0 Å². The molecule has 0 aliphatic rings. The van der Waals surface area contributed by atoms with Crippen molar-refractivity contribution in [2.75, 3.05) is 7.11 Å². The summed E-state index contributed by atoms with van der Waals surface area (Å²) in [5, 5.41) is 18.2. The van der Waals surface area contributed by atoms with Gasteiger partial charge in [0, 0.05) is 6.07 Å². The molecule has 0 saturated heterocycles. The summed E-state index contributed by atoms with van der Waals surface area (Å²) in [6.07, 6.45) is 0. The topological polar surface area (TPSA) is 79.5 Å². The molecular formula is C15H11NO4. The van der Waals surface area contributed by atoms with Crippen molar-refractivity contribution >= 4 is 5.97 Å². The van der Waals surface area contributed by atoms with Gasteiger partial charge >= 0.3 is 5.97 Å². The first-order valence-corrected chi connectivity index (χ1v) is 5.74. The van der Waals surface area contributed by atoms with Gasteiger partial charge in [-0.1, -0.05) is 12.1 Å². The van der Waals surface area contributed by atoms with Crippen LogP contribution >= 0.6 is 0 Å². The first-order chi connectivity index (χ1) is 9.65. The Bertz CT molecular complexity index is 689. The molecule has 1 N–H and O–H groups in total. The molecule has 0 bridgehead atoms. The van der Waals surface area contributed by atoms with E-state index in [-0.39, 0.29) is 17.1 Å². The van der Waals surface area contributed by atoms with E-state index in [4.69, 9.17) is 19.8 Å². The molecule has 0 spiro atoms. The smallest absolute Gasteiger partial charge is 0.339 e. The second-order valence-corrected chi connectivity index (χ2v) is 3.88. The van der Waals surface area contributed by atoms with Crippen molar-refractivity contribution in [1.82, 2.24) is 0 Å². The average Bonchev–Trinajstić information content (AvgIpc) is 2.47. The normalized spacial score (nSPS) is 9.60. The van der Waals surface area contributed by atoms with Crippen LogP contribution in [0.5, 0.6) is 17.2 Å². The summed E-state index contributed by atoms with van der Waals surface area (Å²) in [5.74, 6) is -0.154. The minimum atomic E-state index is -1.10. The van der Waals surface area contributed by atoms with Crippen LogP contribution in [0.3, 0.4) is 0 Å². The number of benzene rings is 2. The predicted octanol–water partition coefficient (Wildman–Crippen LogP) is 3.06. The molecule has 0 fully saturated rings. The average molecular weight is 269 g/mol. The minimum Gasteiger partial charge on any atom is -0.497 e. The van der Waals surface area contributed by atoms with Gasteiger partial charge in [0.1, 0.15) is 28.9 Å². The van der Waals surface area contributed by atoms with E-state index < -0.39 is 5.97 Å². The van der Waals surface area contributed by atoms with Gasteiger partial charge in [0.2, 0.25) is 0 Å². The molecular weight excluding hydrogens is 258 g/mol. The van der Waals surface area contributed by atoms with Crippen molar-refractivity contribution < 1.29 is 19.4 Å². The number of methoxy groups -OCH3 is 1. The molecule has 2 rings (SSSR count). The van der Waals surface area contributed by atoms with Gasteiger partial charge in [0.25, 0.3) is 0 Å². The molecule has 0 radical (unpaired) electrons. The number of hydrogen-bond acceptors (Lipinski definition) is 4. The van der Waals surface area contributed by atoms with Crippen molar-refractivity contribution in [2.24, 2.45) is 0 Å². The van der Waals surface area contributed by atoms with Gasteiger partial charge in [-0.2, -0.15) is 5.26 Å². The summed E-state index contributed by atoms with van der Waals surface area (Å²) < 4.78 is 10.6. The second kappa shape index (κ2) is 5.76. The fourth-order valence-electron chi connectivity index (χ4n) is 1.66. The van der Waals surface area contributed by atoms with Crippen LogP contribution in [0.2, 0.25) is 0 Å². The third-order valence-electron chi connectivity index (χ3n) is 2.65. The minimum absolute atomic E-state index is 0.0270. The highest BCUT2D eigenvalue weighted by Crippen LogP contribution is 2.30. The zero-order chi connectivity index (χ0) is 14.5. The molecule has 0 heterocycles. The summed E-state index contributed by atoms with van der Waals surface area (Å²) in [6.45, 7) is 0. The van der Waals surface area contributed by atoms with Crippen molar-refractivity contribution in [1.29, 1.82) is 5.26 Å². The lowest BCUT2D eigenvalue weighted by Crippen LogP contribution is -2.00. The number of aromatic carboxylic acids is 1. The molecule has 5 nitrogen and oxygen atoms in total. The molecule has 20 heavy (non-hydrogen) atoms. The van der Waals surface area contributed by atoms with Crippen LogP contribution in [0.15, 0.2) is 42.5 Å². The summed E-state index contributed by atoms with van der Waals surface area (Å²) >= 11 is 0. The monoisotopic (exact) mass is 269 g/mol. The van der Waals surface area contributed by atoms with Crippen LogP contribution in [0, 0.1) is 11.3 Å². The molecule has 0 unspecified atom stereocenters. The zero-order valence-electron chi connectivity index (χ0n) is 10.7. The van der Waals surface area contributed by atoms with Gasteiger partial charge in [-0.3, -0.25) is 0 Å². The standard InChI is InChI=1S/C15H11NO4/c1-19-11-7-6-10(9-16)14(8-11)20-13-5-3-2-4-12(13)15(17)18/h2-8H,1H3,(H,17,18). The third kappa shape index (κ3) is 2.70. The number of nitrogens with zero attached hydrogens (tertiary/aromatic N) is 1. The Labute approximate surface area is 115 Å². The van der Waals surface area contributed by atoms with E-state index in [0.29, 0.717) is 11.3 Å². The lowest BCUT2D eigenvalue weighted by atomic mass is 10.2. The predicted molar refractivity (Wildman–Crippen MR) is 71.2 cm³/mol. The summed E-state index contributed by atoms with van der Waals surface area (Å²) in [4.78, 5) is 11.1. The molecule has 0 aromatic heterocycles. The summed E-state index contributed by atoms with van der Waals surface area (Å²) in [5.41, 5.74) is 0.324. The van der Waals surface area contributed by atoms with E-state index in [9.17, 15) is 4.79 Å². The number of ether oxygens (including phenoxy) is 2. The van der Waals surface area contributed by atoms with Crippen LogP contribution in [0.25, 0.3) is 0 Å². The van der Waals surface area contributed by atoms with E-state index in [1.807, 2.05) is 6.07 Å². The van der Waals surface area contributed by atoms with Crippen LogP contribution in [0.4, 0.5) is 0 Å². The van der Waals surface area contributed by atoms with E-state index in [2.05, 4.69) is 0 Å². The lowest BCUT2D eigenvalue weighted by Gasteiger charge is -2.11. The van der Waals surface area contributed by atoms with E-state index in [1.165, 1.54) is 25.3 Å². The van der Waals surface area contributed by atoms with E-state index in [1.54, 1.807) is 24.3 Å². The molecule has 0 amide bonds. The Morgan fingerprint density at radius 3 is 2.60 bits per heavy atom. The maximum atomic E-state index is 11.1. The van der Waals surface area contributed by atoms with Gasteiger partial charge in [-0.25, -0.2) is 4.79 Å². The van der Waals surface area contributed by atoms with Crippen molar-refractivity contribution in [3.8, 4) is 23.3 Å². The largest absolute Gasteiger partial charge is 0.497 e. The maximum Gasteiger partial charge on any atom is 0.339 e. The van der Waals surface area contributed by atoms with Crippen molar-refractivity contribution in [3.05, 3.63) is 53.6 Å². The van der Waals surface area contributed by atoms with Crippen molar-refractivity contribution in [3.63, 3.8) is 0 Å². The van der Waals surface area contributed by atoms with E-state index >= 15 is 0 Å². The zero-order valence-corrected chi connectivity index (χ0v) is 10.7. The number of nitriles is 1. The van der Waals surface area contributed by atoms with Crippen LogP contribution < -0.4 is 9.47 Å². The number of rotatable bonds is 4. The number of carboxylic acid groups (broad SMARTS) is 1. The molecule has 5 heteroatoms. The molecule has 100 valence electrons. The van der Waals surface area contributed by atoms with Crippen molar-refractivity contribution in [2.45, 2.75) is 0 Å². The number of carbonyl (C=O) groups is 1. The Morgan fingerprint density at radius 2 is 1.95 bits per heavy atom.